The standard InChI is InChI=1S/C8H16NO3PS/c1-7-8(2)12-13(11-7,9(3)4)10-5-6-14-13/h5-6H2,1-4H3. The number of rotatable bonds is 1. The summed E-state index contributed by atoms with van der Waals surface area (Å²) in [6, 6.07) is 0. The Balaban J connectivity index is 2.37. The topological polar surface area (TPSA) is 30.9 Å². The van der Waals surface area contributed by atoms with Gasteiger partial charge in [0.2, 0.25) is 0 Å². The van der Waals surface area contributed by atoms with Crippen LogP contribution in [0, 0.1) is 0 Å². The summed E-state index contributed by atoms with van der Waals surface area (Å²) >= 11 is 1.66. The van der Waals surface area contributed by atoms with Crippen molar-refractivity contribution in [1.29, 1.82) is 0 Å². The molecule has 2 aliphatic heterocycles. The van der Waals surface area contributed by atoms with Gasteiger partial charge in [0.05, 0.1) is 0 Å². The van der Waals surface area contributed by atoms with E-state index < -0.39 is 6.64 Å². The van der Waals surface area contributed by atoms with Gasteiger partial charge in [-0.3, -0.25) is 0 Å². The Bertz CT molecular complexity index is 281. The number of hydrogen-bond donors (Lipinski definition) is 0. The van der Waals surface area contributed by atoms with Crippen molar-refractivity contribution in [2.24, 2.45) is 0 Å². The summed E-state index contributed by atoms with van der Waals surface area (Å²) < 4.78 is 19.6. The van der Waals surface area contributed by atoms with Gasteiger partial charge in [0.25, 0.3) is 0 Å². The molecule has 0 radical (unpaired) electrons. The third-order valence-corrected chi connectivity index (χ3v) is 9.87. The average molecular weight is 237 g/mol. The van der Waals surface area contributed by atoms with Crippen molar-refractivity contribution < 1.29 is 13.6 Å². The summed E-state index contributed by atoms with van der Waals surface area (Å²) in [6.45, 7) is 1.51. The monoisotopic (exact) mass is 237 g/mol. The summed E-state index contributed by atoms with van der Waals surface area (Å²) in [4.78, 5) is 0. The van der Waals surface area contributed by atoms with Crippen LogP contribution in [0.1, 0.15) is 13.8 Å². The molecule has 0 unspecified atom stereocenters. The number of allylic oxidation sites excluding steroid dienone is 2. The second-order valence-electron chi connectivity index (χ2n) is 3.58. The van der Waals surface area contributed by atoms with Crippen LogP contribution < -0.4 is 0 Å². The Hall–Kier alpha value is 0.0400. The molecule has 2 aliphatic rings. The van der Waals surface area contributed by atoms with E-state index in [1.807, 2.05) is 32.6 Å². The van der Waals surface area contributed by atoms with Crippen molar-refractivity contribution in [2.75, 3.05) is 26.5 Å². The molecule has 6 heteroatoms. The minimum absolute atomic E-state index is 0.696. The van der Waals surface area contributed by atoms with Crippen LogP contribution in [-0.2, 0) is 13.6 Å². The first-order valence-electron chi connectivity index (χ1n) is 4.56. The van der Waals surface area contributed by atoms with Gasteiger partial charge >= 0.3 is 88.1 Å². The Morgan fingerprint density at radius 3 is 2.14 bits per heavy atom. The molecule has 0 saturated carbocycles. The first-order valence-corrected chi connectivity index (χ1v) is 8.09. The molecule has 0 aromatic rings. The summed E-state index contributed by atoms with van der Waals surface area (Å²) in [7, 11) is 3.89. The van der Waals surface area contributed by atoms with E-state index in [0.717, 1.165) is 17.3 Å². The molecule has 0 atom stereocenters. The first-order chi connectivity index (χ1) is 6.48. The predicted octanol–water partition coefficient (Wildman–Crippen LogP) is 2.74. The van der Waals surface area contributed by atoms with Crippen LogP contribution in [-0.4, -0.2) is 31.1 Å². The molecule has 0 amide bonds. The zero-order valence-electron chi connectivity index (χ0n) is 8.94. The Morgan fingerprint density at radius 2 is 1.79 bits per heavy atom. The maximum absolute atomic E-state index is 5.93. The van der Waals surface area contributed by atoms with Gasteiger partial charge in [0.1, 0.15) is 0 Å². The van der Waals surface area contributed by atoms with E-state index in [9.17, 15) is 0 Å². The third kappa shape index (κ3) is 1.20. The second kappa shape index (κ2) is 3.01. The summed E-state index contributed by atoms with van der Waals surface area (Å²) in [6.07, 6.45) is 0. The molecule has 0 aromatic heterocycles. The van der Waals surface area contributed by atoms with Gasteiger partial charge in [-0.1, -0.05) is 0 Å². The van der Waals surface area contributed by atoms with Crippen LogP contribution in [0.4, 0.5) is 0 Å². The first kappa shape index (κ1) is 10.6. The van der Waals surface area contributed by atoms with Crippen molar-refractivity contribution in [3.05, 3.63) is 11.5 Å². The van der Waals surface area contributed by atoms with E-state index >= 15 is 0 Å². The van der Waals surface area contributed by atoms with E-state index in [-0.39, 0.29) is 0 Å². The molecule has 82 valence electrons. The molecule has 1 spiro atoms. The minimum atomic E-state index is -3.02. The second-order valence-corrected chi connectivity index (χ2v) is 9.83. The zero-order valence-corrected chi connectivity index (χ0v) is 10.7. The number of hydrogen-bond acceptors (Lipinski definition) is 5. The van der Waals surface area contributed by atoms with E-state index in [2.05, 4.69) is 0 Å². The molecule has 1 saturated heterocycles. The van der Waals surface area contributed by atoms with Crippen LogP contribution in [0.3, 0.4) is 0 Å². The molecule has 0 aliphatic carbocycles. The van der Waals surface area contributed by atoms with E-state index in [1.54, 1.807) is 11.4 Å². The molecule has 14 heavy (non-hydrogen) atoms. The van der Waals surface area contributed by atoms with Gasteiger partial charge in [0, 0.05) is 0 Å². The SMILES string of the molecule is CC1=C(C)OP2(N(C)C)(OCCS2)O1. The third-order valence-electron chi connectivity index (χ3n) is 2.43. The molecule has 0 aromatic carbocycles. The molecule has 4 nitrogen and oxygen atoms in total. The zero-order chi connectivity index (χ0) is 10.4. The molecular formula is C8H16NO3PS. The van der Waals surface area contributed by atoms with Crippen LogP contribution in [0.2, 0.25) is 0 Å². The van der Waals surface area contributed by atoms with Crippen LogP contribution in [0.15, 0.2) is 11.5 Å². The Morgan fingerprint density at radius 1 is 1.21 bits per heavy atom. The van der Waals surface area contributed by atoms with Crippen LogP contribution in [0.25, 0.3) is 0 Å². The van der Waals surface area contributed by atoms with Gasteiger partial charge in [-0.15, -0.1) is 0 Å². The van der Waals surface area contributed by atoms with Crippen molar-refractivity contribution in [2.45, 2.75) is 13.8 Å². The fraction of sp³-hybridized carbons (Fsp3) is 0.750. The molecule has 0 N–H and O–H groups in total. The van der Waals surface area contributed by atoms with E-state index in [4.69, 9.17) is 13.6 Å². The fourth-order valence-electron chi connectivity index (χ4n) is 1.52. The van der Waals surface area contributed by atoms with Crippen molar-refractivity contribution in [1.82, 2.24) is 4.67 Å². The van der Waals surface area contributed by atoms with Crippen molar-refractivity contribution in [3.63, 3.8) is 0 Å². The van der Waals surface area contributed by atoms with E-state index in [0.29, 0.717) is 6.61 Å². The molecule has 2 heterocycles. The summed E-state index contributed by atoms with van der Waals surface area (Å²) in [5, 5.41) is 0. The van der Waals surface area contributed by atoms with Gasteiger partial charge < -0.3 is 0 Å². The van der Waals surface area contributed by atoms with E-state index in [1.165, 1.54) is 0 Å². The molecule has 0 bridgehead atoms. The van der Waals surface area contributed by atoms with Crippen LogP contribution >= 0.6 is 18.0 Å². The summed E-state index contributed by atoms with van der Waals surface area (Å²) in [5.41, 5.74) is 0. The number of nitrogens with zero attached hydrogens (tertiary/aromatic N) is 1. The normalized spacial score (nSPS) is 31.4. The molecule has 1 fully saturated rings. The van der Waals surface area contributed by atoms with Crippen LogP contribution in [0.5, 0.6) is 0 Å². The molecular weight excluding hydrogens is 221 g/mol. The van der Waals surface area contributed by atoms with Crippen molar-refractivity contribution >= 4 is 18.0 Å². The predicted molar refractivity (Wildman–Crippen MR) is 59.6 cm³/mol. The average Bonchev–Trinajstić information content (AvgIpc) is 2.60. The van der Waals surface area contributed by atoms with Gasteiger partial charge in [-0.2, -0.15) is 0 Å². The van der Waals surface area contributed by atoms with Gasteiger partial charge in [-0.05, 0) is 0 Å². The summed E-state index contributed by atoms with van der Waals surface area (Å²) in [5.74, 6) is 2.60. The van der Waals surface area contributed by atoms with Gasteiger partial charge in [-0.25, -0.2) is 0 Å². The van der Waals surface area contributed by atoms with Gasteiger partial charge in [0.15, 0.2) is 0 Å². The fourth-order valence-corrected chi connectivity index (χ4v) is 8.06. The quantitative estimate of drug-likeness (QED) is 0.654. The maximum atomic E-state index is 5.93. The molecule has 2 rings (SSSR count). The Kier molecular flexibility index (Phi) is 2.27. The van der Waals surface area contributed by atoms with Crippen molar-refractivity contribution in [3.8, 4) is 0 Å². The Labute approximate surface area is 88.6 Å².